The van der Waals surface area contributed by atoms with E-state index in [-0.39, 0.29) is 28.2 Å². The van der Waals surface area contributed by atoms with E-state index in [1.165, 1.54) is 19.4 Å². The normalized spacial score (nSPS) is 42.5. The standard InChI is InChI=1S/C7H12FINO/c8-1-2-11-6-3-7(4-6)5-10-9-7/h6,10H,1-5H2/q-1. The zero-order valence-electron chi connectivity index (χ0n) is 6.28. The van der Waals surface area contributed by atoms with Crippen LogP contribution in [0.5, 0.6) is 0 Å². The fraction of sp³-hybridized carbons (Fsp3) is 1.00. The molecular formula is C7H12FINO-. The fourth-order valence-electron chi connectivity index (χ4n) is 1.56. The topological polar surface area (TPSA) is 21.3 Å². The molecule has 0 radical (unpaired) electrons. The van der Waals surface area contributed by atoms with Gasteiger partial charge in [-0.05, 0) is 0 Å². The molecule has 2 aliphatic rings. The molecular weight excluding hydrogens is 260 g/mol. The van der Waals surface area contributed by atoms with Gasteiger partial charge >= 0.3 is 76.3 Å². The van der Waals surface area contributed by atoms with Crippen LogP contribution in [0.15, 0.2) is 0 Å². The van der Waals surface area contributed by atoms with Crippen LogP contribution in [0.2, 0.25) is 0 Å². The number of rotatable bonds is 3. The van der Waals surface area contributed by atoms with E-state index < -0.39 is 0 Å². The molecule has 1 heterocycles. The van der Waals surface area contributed by atoms with Crippen LogP contribution in [0, 0.1) is 0 Å². The second kappa shape index (κ2) is 3.14. The number of hydrogen-bond acceptors (Lipinski definition) is 2. The maximum absolute atomic E-state index is 11.7. The molecule has 2 fully saturated rings. The molecule has 2 rings (SSSR count). The molecule has 1 spiro atoms. The molecule has 4 heteroatoms. The van der Waals surface area contributed by atoms with Crippen LogP contribution in [0.25, 0.3) is 0 Å². The zero-order valence-corrected chi connectivity index (χ0v) is 8.43. The van der Waals surface area contributed by atoms with Gasteiger partial charge in [0.1, 0.15) is 0 Å². The summed E-state index contributed by atoms with van der Waals surface area (Å²) in [5.41, 5.74) is 0. The third-order valence-electron chi connectivity index (χ3n) is 2.27. The molecule has 0 atom stereocenters. The quantitative estimate of drug-likeness (QED) is 0.348. The number of ether oxygens (including phenoxy) is 1. The molecule has 0 bridgehead atoms. The van der Waals surface area contributed by atoms with Gasteiger partial charge in [-0.25, -0.2) is 0 Å². The summed E-state index contributed by atoms with van der Waals surface area (Å²) in [6.07, 6.45) is 2.76. The monoisotopic (exact) mass is 272 g/mol. The molecule has 0 aromatic heterocycles. The average molecular weight is 272 g/mol. The van der Waals surface area contributed by atoms with E-state index in [4.69, 9.17) is 4.74 Å². The van der Waals surface area contributed by atoms with E-state index in [0.29, 0.717) is 16.1 Å². The molecule has 0 unspecified atom stereocenters. The Balaban J connectivity index is 1.63. The second-order valence-electron chi connectivity index (χ2n) is 3.15. The summed E-state index contributed by atoms with van der Waals surface area (Å²) >= 11 is 0.262. The van der Waals surface area contributed by atoms with Crippen LogP contribution in [0.3, 0.4) is 0 Å². The second-order valence-corrected chi connectivity index (χ2v) is 6.74. The summed E-state index contributed by atoms with van der Waals surface area (Å²) in [5.74, 6) is 0. The SMILES string of the molecule is FCCOC1CC2(CN[I-]2)C1. The molecule has 1 aliphatic heterocycles. The number of hydrogen-bond donors (Lipinski definition) is 1. The maximum atomic E-state index is 11.7. The Morgan fingerprint density at radius 1 is 1.64 bits per heavy atom. The predicted molar refractivity (Wildman–Crippen MR) is 35.7 cm³/mol. The van der Waals surface area contributed by atoms with Gasteiger partial charge in [-0.3, -0.25) is 0 Å². The van der Waals surface area contributed by atoms with Gasteiger partial charge in [-0.2, -0.15) is 0 Å². The van der Waals surface area contributed by atoms with Crippen molar-refractivity contribution in [2.24, 2.45) is 0 Å². The van der Waals surface area contributed by atoms with E-state index >= 15 is 0 Å². The van der Waals surface area contributed by atoms with Gasteiger partial charge < -0.3 is 0 Å². The van der Waals surface area contributed by atoms with E-state index in [1.807, 2.05) is 0 Å². The molecule has 0 aromatic rings. The molecule has 0 aromatic carbocycles. The Labute approximate surface area is 76.5 Å². The molecule has 66 valence electrons. The minimum absolute atomic E-state index is 0.262. The molecule has 1 N–H and O–H groups in total. The molecule has 11 heavy (non-hydrogen) atoms. The van der Waals surface area contributed by atoms with Gasteiger partial charge in [-0.1, -0.05) is 0 Å². The van der Waals surface area contributed by atoms with Crippen molar-refractivity contribution in [2.75, 3.05) is 19.8 Å². The molecule has 0 amide bonds. The summed E-state index contributed by atoms with van der Waals surface area (Å²) in [4.78, 5) is 0. The molecule has 1 saturated carbocycles. The van der Waals surface area contributed by atoms with Crippen molar-refractivity contribution in [3.63, 3.8) is 0 Å². The van der Waals surface area contributed by atoms with Gasteiger partial charge in [0, 0.05) is 0 Å². The molecule has 2 nitrogen and oxygen atoms in total. The number of alkyl halides is 2. The van der Waals surface area contributed by atoms with Crippen LogP contribution < -0.4 is 25.0 Å². The zero-order chi connectivity index (χ0) is 7.73. The van der Waals surface area contributed by atoms with Crippen molar-refractivity contribution in [1.82, 2.24) is 3.53 Å². The van der Waals surface area contributed by atoms with Crippen molar-refractivity contribution in [1.29, 1.82) is 0 Å². The van der Waals surface area contributed by atoms with E-state index in [2.05, 4.69) is 3.53 Å². The van der Waals surface area contributed by atoms with Crippen molar-refractivity contribution in [3.8, 4) is 0 Å². The fourth-order valence-corrected chi connectivity index (χ4v) is 4.45. The first kappa shape index (κ1) is 8.19. The van der Waals surface area contributed by atoms with Crippen LogP contribution in [-0.2, 0) is 4.74 Å². The van der Waals surface area contributed by atoms with Crippen molar-refractivity contribution < 1.29 is 30.6 Å². The van der Waals surface area contributed by atoms with Gasteiger partial charge in [0.05, 0.1) is 0 Å². The average Bonchev–Trinajstić information content (AvgIpc) is 1.81. The third-order valence-corrected chi connectivity index (χ3v) is 5.44. The van der Waals surface area contributed by atoms with Crippen LogP contribution in [0.4, 0.5) is 4.39 Å². The third kappa shape index (κ3) is 1.53. The first-order chi connectivity index (χ1) is 5.35. The Morgan fingerprint density at radius 3 is 2.82 bits per heavy atom. The van der Waals surface area contributed by atoms with Gasteiger partial charge in [0.2, 0.25) is 0 Å². The first-order valence-corrected chi connectivity index (χ1v) is 6.06. The predicted octanol–water partition coefficient (Wildman–Crippen LogP) is -2.52. The van der Waals surface area contributed by atoms with Crippen molar-refractivity contribution in [2.45, 2.75) is 22.4 Å². The minimum atomic E-state index is -0.337. The summed E-state index contributed by atoms with van der Waals surface area (Å²) in [7, 11) is 0. The van der Waals surface area contributed by atoms with Crippen LogP contribution >= 0.6 is 0 Å². The number of nitrogens with one attached hydrogen (secondary N) is 1. The van der Waals surface area contributed by atoms with Crippen molar-refractivity contribution in [3.05, 3.63) is 0 Å². The molecule has 1 aliphatic carbocycles. The van der Waals surface area contributed by atoms with Crippen molar-refractivity contribution >= 4 is 0 Å². The van der Waals surface area contributed by atoms with Crippen LogP contribution in [-0.4, -0.2) is 29.4 Å². The van der Waals surface area contributed by atoms with Gasteiger partial charge in [-0.15, -0.1) is 0 Å². The Morgan fingerprint density at radius 2 is 2.36 bits per heavy atom. The Kier molecular flexibility index (Phi) is 2.34. The van der Waals surface area contributed by atoms with Gasteiger partial charge in [0.15, 0.2) is 0 Å². The van der Waals surface area contributed by atoms with E-state index in [9.17, 15) is 4.39 Å². The summed E-state index contributed by atoms with van der Waals surface area (Å²) in [5, 5.41) is 0. The van der Waals surface area contributed by atoms with E-state index in [1.54, 1.807) is 0 Å². The molecule has 1 saturated heterocycles. The summed E-state index contributed by atoms with van der Waals surface area (Å²) < 4.78 is 21.0. The first-order valence-electron chi connectivity index (χ1n) is 3.90. The summed E-state index contributed by atoms with van der Waals surface area (Å²) in [6.45, 7) is 1.15. The number of halogens is 2. The summed E-state index contributed by atoms with van der Waals surface area (Å²) in [6, 6.07) is 0. The Hall–Kier alpha value is 0.580. The van der Waals surface area contributed by atoms with E-state index in [0.717, 1.165) is 0 Å². The van der Waals surface area contributed by atoms with Gasteiger partial charge in [0.25, 0.3) is 0 Å². The Bertz CT molecular complexity index is 143. The van der Waals surface area contributed by atoms with Crippen LogP contribution in [0.1, 0.15) is 12.8 Å².